The second-order valence-corrected chi connectivity index (χ2v) is 5.03. The highest BCUT2D eigenvalue weighted by Crippen LogP contribution is 2.29. The predicted octanol–water partition coefficient (Wildman–Crippen LogP) is 3.79. The molecule has 0 radical (unpaired) electrons. The number of hydrogen-bond donors (Lipinski definition) is 0. The lowest BCUT2D eigenvalue weighted by Crippen LogP contribution is -2.30. The summed E-state index contributed by atoms with van der Waals surface area (Å²) < 4.78 is 38.1. The minimum atomic E-state index is -4.45. The van der Waals surface area contributed by atoms with Gasteiger partial charge in [0.1, 0.15) is 5.69 Å². The van der Waals surface area contributed by atoms with E-state index in [0.29, 0.717) is 13.1 Å². The molecule has 1 aromatic heterocycles. The molecule has 0 saturated carbocycles. The highest BCUT2D eigenvalue weighted by atomic mass is 19.4. The molecule has 0 amide bonds. The summed E-state index contributed by atoms with van der Waals surface area (Å²) in [6.07, 6.45) is -0.522. The van der Waals surface area contributed by atoms with Crippen molar-refractivity contribution in [1.82, 2.24) is 9.97 Å². The molecule has 0 atom stereocenters. The van der Waals surface area contributed by atoms with E-state index in [0.717, 1.165) is 24.2 Å². The summed E-state index contributed by atoms with van der Waals surface area (Å²) in [7, 11) is 0. The predicted molar refractivity (Wildman–Crippen MR) is 78.3 cm³/mol. The van der Waals surface area contributed by atoms with Gasteiger partial charge in [-0.2, -0.15) is 13.2 Å². The van der Waals surface area contributed by atoms with Crippen LogP contribution in [0.4, 0.5) is 19.1 Å². The van der Waals surface area contributed by atoms with Gasteiger partial charge in [0.2, 0.25) is 5.95 Å². The van der Waals surface area contributed by atoms with E-state index in [-0.39, 0.29) is 5.95 Å². The van der Waals surface area contributed by atoms with Gasteiger partial charge in [-0.1, -0.05) is 36.4 Å². The standard InChI is InChI=1S/C16H14F3N3/c17-16(18,19)14-6-9-20-15(21-14)22-10-7-13(8-11-22)12-4-2-1-3-5-12/h1-7,9H,8,10-11H2. The van der Waals surface area contributed by atoms with Crippen LogP contribution in [0.1, 0.15) is 17.7 Å². The second-order valence-electron chi connectivity index (χ2n) is 5.03. The average molecular weight is 305 g/mol. The Hall–Kier alpha value is -2.37. The topological polar surface area (TPSA) is 29.0 Å². The zero-order valence-electron chi connectivity index (χ0n) is 11.7. The van der Waals surface area contributed by atoms with Gasteiger partial charge in [0.25, 0.3) is 0 Å². The molecule has 0 spiro atoms. The summed E-state index contributed by atoms with van der Waals surface area (Å²) in [6, 6.07) is 10.8. The van der Waals surface area contributed by atoms with Crippen LogP contribution >= 0.6 is 0 Å². The molecule has 1 aliphatic heterocycles. The van der Waals surface area contributed by atoms with Crippen LogP contribution in [0.3, 0.4) is 0 Å². The maximum absolute atomic E-state index is 12.7. The van der Waals surface area contributed by atoms with E-state index in [1.54, 1.807) is 4.90 Å². The molecule has 1 aliphatic rings. The van der Waals surface area contributed by atoms with Gasteiger partial charge in [0.05, 0.1) is 0 Å². The maximum Gasteiger partial charge on any atom is 0.433 e. The Morgan fingerprint density at radius 1 is 1.05 bits per heavy atom. The average Bonchev–Trinajstić information content (AvgIpc) is 2.55. The van der Waals surface area contributed by atoms with Gasteiger partial charge < -0.3 is 4.90 Å². The first-order valence-corrected chi connectivity index (χ1v) is 6.94. The fraction of sp³-hybridized carbons (Fsp3) is 0.250. The monoisotopic (exact) mass is 305 g/mol. The molecule has 0 aliphatic carbocycles. The fourth-order valence-corrected chi connectivity index (χ4v) is 2.42. The number of rotatable bonds is 2. The zero-order valence-corrected chi connectivity index (χ0v) is 11.7. The number of halogens is 3. The van der Waals surface area contributed by atoms with Gasteiger partial charge in [-0.05, 0) is 23.6 Å². The van der Waals surface area contributed by atoms with Crippen LogP contribution < -0.4 is 4.90 Å². The molecule has 0 bridgehead atoms. The van der Waals surface area contributed by atoms with Crippen molar-refractivity contribution >= 4 is 11.5 Å². The van der Waals surface area contributed by atoms with Crippen LogP contribution in [0.2, 0.25) is 0 Å². The summed E-state index contributed by atoms with van der Waals surface area (Å²) >= 11 is 0. The fourth-order valence-electron chi connectivity index (χ4n) is 2.42. The summed E-state index contributed by atoms with van der Waals surface area (Å²) in [5.41, 5.74) is 1.44. The minimum Gasteiger partial charge on any atom is -0.337 e. The smallest absolute Gasteiger partial charge is 0.337 e. The first kappa shape index (κ1) is 14.6. The maximum atomic E-state index is 12.7. The molecule has 3 nitrogen and oxygen atoms in total. The number of hydrogen-bond acceptors (Lipinski definition) is 3. The normalized spacial score (nSPS) is 15.6. The van der Waals surface area contributed by atoms with Gasteiger partial charge in [-0.3, -0.25) is 0 Å². The molecule has 6 heteroatoms. The molecule has 114 valence electrons. The SMILES string of the molecule is FC(F)(F)c1ccnc(N2CC=C(c3ccccc3)CC2)n1. The third-order valence-electron chi connectivity index (χ3n) is 3.57. The van der Waals surface area contributed by atoms with Crippen molar-refractivity contribution in [2.24, 2.45) is 0 Å². The Labute approximate surface area is 126 Å². The Balaban J connectivity index is 1.78. The van der Waals surface area contributed by atoms with E-state index in [2.05, 4.69) is 9.97 Å². The van der Waals surface area contributed by atoms with Crippen molar-refractivity contribution in [3.8, 4) is 0 Å². The zero-order chi connectivity index (χ0) is 15.6. The number of benzene rings is 1. The van der Waals surface area contributed by atoms with E-state index in [1.807, 2.05) is 36.4 Å². The Bertz CT molecular complexity index is 681. The third kappa shape index (κ3) is 3.10. The molecule has 1 aromatic carbocycles. The van der Waals surface area contributed by atoms with Crippen molar-refractivity contribution < 1.29 is 13.2 Å². The lowest BCUT2D eigenvalue weighted by atomic mass is 10.00. The molecule has 0 N–H and O–H groups in total. The quantitative estimate of drug-likeness (QED) is 0.845. The molecule has 2 aromatic rings. The largest absolute Gasteiger partial charge is 0.433 e. The summed E-state index contributed by atoms with van der Waals surface area (Å²) in [5.74, 6) is 0.123. The molecular formula is C16H14F3N3. The Morgan fingerprint density at radius 2 is 1.82 bits per heavy atom. The van der Waals surface area contributed by atoms with E-state index in [4.69, 9.17) is 0 Å². The van der Waals surface area contributed by atoms with Gasteiger partial charge in [0, 0.05) is 19.3 Å². The Morgan fingerprint density at radius 3 is 2.45 bits per heavy atom. The van der Waals surface area contributed by atoms with Gasteiger partial charge in [0.15, 0.2) is 0 Å². The number of anilines is 1. The summed E-state index contributed by atoms with van der Waals surface area (Å²) in [4.78, 5) is 9.34. The van der Waals surface area contributed by atoms with Crippen molar-refractivity contribution in [2.75, 3.05) is 18.0 Å². The molecule has 0 fully saturated rings. The van der Waals surface area contributed by atoms with Crippen molar-refractivity contribution in [1.29, 1.82) is 0 Å². The number of aromatic nitrogens is 2. The van der Waals surface area contributed by atoms with Gasteiger partial charge >= 0.3 is 6.18 Å². The van der Waals surface area contributed by atoms with Gasteiger partial charge in [-0.15, -0.1) is 0 Å². The van der Waals surface area contributed by atoms with E-state index >= 15 is 0 Å². The lowest BCUT2D eigenvalue weighted by molar-refractivity contribution is -0.141. The molecule has 0 unspecified atom stereocenters. The van der Waals surface area contributed by atoms with Crippen LogP contribution in [0.25, 0.3) is 5.57 Å². The van der Waals surface area contributed by atoms with E-state index in [1.165, 1.54) is 5.57 Å². The van der Waals surface area contributed by atoms with Crippen LogP contribution in [0, 0.1) is 0 Å². The van der Waals surface area contributed by atoms with E-state index < -0.39 is 11.9 Å². The Kier molecular flexibility index (Phi) is 3.83. The van der Waals surface area contributed by atoms with Crippen LogP contribution in [-0.2, 0) is 6.18 Å². The van der Waals surface area contributed by atoms with E-state index in [9.17, 15) is 13.2 Å². The van der Waals surface area contributed by atoms with Crippen molar-refractivity contribution in [2.45, 2.75) is 12.6 Å². The number of alkyl halides is 3. The molecule has 0 saturated heterocycles. The summed E-state index contributed by atoms with van der Waals surface area (Å²) in [6.45, 7) is 1.10. The van der Waals surface area contributed by atoms with Gasteiger partial charge in [-0.25, -0.2) is 9.97 Å². The first-order chi connectivity index (χ1) is 10.5. The van der Waals surface area contributed by atoms with Crippen molar-refractivity contribution in [3.05, 3.63) is 59.9 Å². The van der Waals surface area contributed by atoms with Crippen LogP contribution in [-0.4, -0.2) is 23.1 Å². The molecule has 3 rings (SSSR count). The molecule has 22 heavy (non-hydrogen) atoms. The van der Waals surface area contributed by atoms with Crippen LogP contribution in [0.5, 0.6) is 0 Å². The first-order valence-electron chi connectivity index (χ1n) is 6.94. The van der Waals surface area contributed by atoms with Crippen molar-refractivity contribution in [3.63, 3.8) is 0 Å². The second kappa shape index (κ2) is 5.79. The minimum absolute atomic E-state index is 0.123. The molecule has 2 heterocycles. The molecular weight excluding hydrogens is 291 g/mol. The number of nitrogens with zero attached hydrogens (tertiary/aromatic N) is 3. The highest BCUT2D eigenvalue weighted by Gasteiger charge is 2.33. The lowest BCUT2D eigenvalue weighted by Gasteiger charge is -2.27. The van der Waals surface area contributed by atoms with Crippen LogP contribution in [0.15, 0.2) is 48.7 Å². The highest BCUT2D eigenvalue weighted by molar-refractivity contribution is 5.68. The third-order valence-corrected chi connectivity index (χ3v) is 3.57. The summed E-state index contributed by atoms with van der Waals surface area (Å²) in [5, 5.41) is 0.